The molecule has 0 fully saturated rings. The van der Waals surface area contributed by atoms with Crippen LogP contribution in [0.5, 0.6) is 5.75 Å². The molecule has 176 valence electrons. The average Bonchev–Trinajstić information content (AvgIpc) is 2.81. The quantitative estimate of drug-likeness (QED) is 0.509. The summed E-state index contributed by atoms with van der Waals surface area (Å²) >= 11 is 6.19. The standard InChI is InChI=1S/C25H22ClF2N3O3/c1-14-16-10-9-15(24(33)29-12-17-20(27)7-4-8-23(17)32)11-22(16)31(25(34)30(14)2)13-18-19(26)5-3-6-21(18)28/h3-11,14,32H,12-13H2,1-2H3,(H,29,33)/t14-/m0/s1. The Bertz CT molecular complexity index is 1240. The first kappa shape index (κ1) is 23.5. The van der Waals surface area contributed by atoms with Gasteiger partial charge in [-0.05, 0) is 48.9 Å². The van der Waals surface area contributed by atoms with Crippen LogP contribution in [-0.2, 0) is 13.1 Å². The molecule has 2 N–H and O–H groups in total. The number of hydrogen-bond donors (Lipinski definition) is 2. The summed E-state index contributed by atoms with van der Waals surface area (Å²) in [4.78, 5) is 28.8. The SMILES string of the molecule is C[C@H]1c2ccc(C(=O)NCc3c(O)cccc3F)cc2N(Cc2c(F)cccc2Cl)C(=O)N1C. The van der Waals surface area contributed by atoms with Gasteiger partial charge in [-0.15, -0.1) is 0 Å². The molecule has 1 aliphatic rings. The third kappa shape index (κ3) is 4.28. The normalized spacial score (nSPS) is 15.3. The highest BCUT2D eigenvalue weighted by Crippen LogP contribution is 2.38. The van der Waals surface area contributed by atoms with Crippen molar-refractivity contribution < 1.29 is 23.5 Å². The van der Waals surface area contributed by atoms with Gasteiger partial charge in [-0.1, -0.05) is 29.8 Å². The fourth-order valence-electron chi connectivity index (χ4n) is 3.93. The van der Waals surface area contributed by atoms with Gasteiger partial charge in [0.15, 0.2) is 0 Å². The third-order valence-corrected chi connectivity index (χ3v) is 6.40. The van der Waals surface area contributed by atoms with E-state index < -0.39 is 17.5 Å². The largest absolute Gasteiger partial charge is 0.507 e. The second kappa shape index (κ2) is 9.30. The minimum Gasteiger partial charge on any atom is -0.507 e. The van der Waals surface area contributed by atoms with E-state index in [2.05, 4.69) is 5.32 Å². The number of phenolic OH excluding ortho intramolecular Hbond substituents is 1. The van der Waals surface area contributed by atoms with Crippen molar-refractivity contribution in [1.82, 2.24) is 10.2 Å². The molecular formula is C25H22ClF2N3O3. The maximum Gasteiger partial charge on any atom is 0.325 e. The number of nitrogens with zero attached hydrogens (tertiary/aromatic N) is 2. The Labute approximate surface area is 200 Å². The van der Waals surface area contributed by atoms with Crippen LogP contribution in [0.15, 0.2) is 54.6 Å². The molecular weight excluding hydrogens is 464 g/mol. The fraction of sp³-hybridized carbons (Fsp3) is 0.200. The number of rotatable bonds is 5. The summed E-state index contributed by atoms with van der Waals surface area (Å²) in [5, 5.41) is 12.6. The van der Waals surface area contributed by atoms with Crippen LogP contribution in [0, 0.1) is 11.6 Å². The molecule has 0 spiro atoms. The lowest BCUT2D eigenvalue weighted by atomic mass is 9.98. The highest BCUT2D eigenvalue weighted by Gasteiger charge is 2.34. The van der Waals surface area contributed by atoms with Crippen molar-refractivity contribution in [3.8, 4) is 5.75 Å². The van der Waals surface area contributed by atoms with E-state index in [1.807, 2.05) is 6.92 Å². The summed E-state index contributed by atoms with van der Waals surface area (Å²) in [5.74, 6) is -1.96. The zero-order valence-corrected chi connectivity index (χ0v) is 19.2. The van der Waals surface area contributed by atoms with Crippen LogP contribution in [0.2, 0.25) is 5.02 Å². The Kier molecular flexibility index (Phi) is 6.43. The first-order valence-corrected chi connectivity index (χ1v) is 10.9. The van der Waals surface area contributed by atoms with Crippen LogP contribution in [0.25, 0.3) is 0 Å². The maximum absolute atomic E-state index is 14.5. The minimum atomic E-state index is -0.638. The summed E-state index contributed by atoms with van der Waals surface area (Å²) in [5.41, 5.74) is 1.59. The van der Waals surface area contributed by atoms with Gasteiger partial charge < -0.3 is 15.3 Å². The van der Waals surface area contributed by atoms with Crippen LogP contribution in [0.4, 0.5) is 19.3 Å². The number of benzene rings is 3. The molecule has 0 saturated heterocycles. The monoisotopic (exact) mass is 485 g/mol. The van der Waals surface area contributed by atoms with Crippen molar-refractivity contribution >= 4 is 29.2 Å². The van der Waals surface area contributed by atoms with Gasteiger partial charge in [-0.3, -0.25) is 9.69 Å². The van der Waals surface area contributed by atoms with Crippen molar-refractivity contribution in [2.24, 2.45) is 0 Å². The lowest BCUT2D eigenvalue weighted by Gasteiger charge is -2.39. The third-order valence-electron chi connectivity index (χ3n) is 6.04. The van der Waals surface area contributed by atoms with E-state index in [1.54, 1.807) is 31.3 Å². The van der Waals surface area contributed by atoms with Gasteiger partial charge in [0.1, 0.15) is 17.4 Å². The predicted octanol–water partition coefficient (Wildman–Crippen LogP) is 5.39. The Balaban J connectivity index is 1.66. The second-order valence-corrected chi connectivity index (χ2v) is 8.46. The number of halogens is 3. The first-order valence-electron chi connectivity index (χ1n) is 10.5. The van der Waals surface area contributed by atoms with Gasteiger partial charge in [-0.2, -0.15) is 0 Å². The van der Waals surface area contributed by atoms with Crippen LogP contribution in [0.1, 0.15) is 40.0 Å². The molecule has 0 bridgehead atoms. The molecule has 0 aliphatic carbocycles. The molecule has 4 rings (SSSR count). The fourth-order valence-corrected chi connectivity index (χ4v) is 4.15. The van der Waals surface area contributed by atoms with Crippen LogP contribution in [-0.4, -0.2) is 29.0 Å². The number of phenols is 1. The van der Waals surface area contributed by atoms with Gasteiger partial charge in [0, 0.05) is 35.3 Å². The Morgan fingerprint density at radius 2 is 1.76 bits per heavy atom. The highest BCUT2D eigenvalue weighted by molar-refractivity contribution is 6.31. The highest BCUT2D eigenvalue weighted by atomic mass is 35.5. The van der Waals surface area contributed by atoms with Crippen LogP contribution in [0.3, 0.4) is 0 Å². The van der Waals surface area contributed by atoms with E-state index in [-0.39, 0.29) is 52.6 Å². The average molecular weight is 486 g/mol. The van der Waals surface area contributed by atoms with Crippen LogP contribution >= 0.6 is 11.6 Å². The van der Waals surface area contributed by atoms with Crippen molar-refractivity contribution in [1.29, 1.82) is 0 Å². The number of urea groups is 1. The number of amides is 3. The number of carbonyl (C=O) groups is 2. The topological polar surface area (TPSA) is 72.9 Å². The van der Waals surface area contributed by atoms with E-state index in [0.29, 0.717) is 5.69 Å². The van der Waals surface area contributed by atoms with E-state index in [4.69, 9.17) is 11.6 Å². The number of hydrogen-bond acceptors (Lipinski definition) is 3. The molecule has 1 heterocycles. The molecule has 0 radical (unpaired) electrons. The predicted molar refractivity (Wildman–Crippen MR) is 125 cm³/mol. The molecule has 6 nitrogen and oxygen atoms in total. The van der Waals surface area contributed by atoms with Gasteiger partial charge in [0.2, 0.25) is 0 Å². The summed E-state index contributed by atoms with van der Waals surface area (Å²) in [7, 11) is 1.65. The number of nitrogens with one attached hydrogen (secondary N) is 1. The minimum absolute atomic E-state index is 0.0324. The van der Waals surface area contributed by atoms with Crippen molar-refractivity contribution in [3.63, 3.8) is 0 Å². The van der Waals surface area contributed by atoms with Gasteiger partial charge in [0.05, 0.1) is 18.3 Å². The first-order chi connectivity index (χ1) is 16.2. The van der Waals surface area contributed by atoms with Crippen LogP contribution < -0.4 is 10.2 Å². The van der Waals surface area contributed by atoms with E-state index >= 15 is 0 Å². The number of fused-ring (bicyclic) bond motifs is 1. The maximum atomic E-state index is 14.5. The van der Waals surface area contributed by atoms with Crippen molar-refractivity contribution in [2.75, 3.05) is 11.9 Å². The molecule has 34 heavy (non-hydrogen) atoms. The lowest BCUT2D eigenvalue weighted by molar-refractivity contribution is 0.0950. The molecule has 3 amide bonds. The van der Waals surface area contributed by atoms with Gasteiger partial charge in [-0.25, -0.2) is 13.6 Å². The molecule has 0 saturated carbocycles. The van der Waals surface area contributed by atoms with E-state index in [9.17, 15) is 23.5 Å². The Morgan fingerprint density at radius 3 is 2.44 bits per heavy atom. The van der Waals surface area contributed by atoms with Gasteiger partial charge >= 0.3 is 6.03 Å². The van der Waals surface area contributed by atoms with E-state index in [0.717, 1.165) is 5.56 Å². The Morgan fingerprint density at radius 1 is 1.09 bits per heavy atom. The molecule has 9 heteroatoms. The summed E-state index contributed by atoms with van der Waals surface area (Å²) < 4.78 is 28.4. The number of anilines is 1. The number of aromatic hydroxyl groups is 1. The number of carbonyl (C=O) groups excluding carboxylic acids is 2. The molecule has 0 unspecified atom stereocenters. The summed E-state index contributed by atoms with van der Waals surface area (Å²) in [6, 6.07) is 12.4. The summed E-state index contributed by atoms with van der Waals surface area (Å²) in [6.45, 7) is 1.51. The van der Waals surface area contributed by atoms with Crippen molar-refractivity contribution in [3.05, 3.63) is 93.5 Å². The Hall–Kier alpha value is -3.65. The summed E-state index contributed by atoms with van der Waals surface area (Å²) in [6.07, 6.45) is 0. The lowest BCUT2D eigenvalue weighted by Crippen LogP contribution is -2.46. The van der Waals surface area contributed by atoms with Crippen molar-refractivity contribution in [2.45, 2.75) is 26.1 Å². The second-order valence-electron chi connectivity index (χ2n) is 8.05. The smallest absolute Gasteiger partial charge is 0.325 e. The zero-order chi connectivity index (χ0) is 24.6. The zero-order valence-electron chi connectivity index (χ0n) is 18.5. The van der Waals surface area contributed by atoms with Gasteiger partial charge in [0.25, 0.3) is 5.91 Å². The molecule has 3 aromatic rings. The molecule has 0 aromatic heterocycles. The molecule has 3 aromatic carbocycles. The molecule has 1 aliphatic heterocycles. The van der Waals surface area contributed by atoms with E-state index in [1.165, 1.54) is 40.1 Å². The molecule has 1 atom stereocenters.